The van der Waals surface area contributed by atoms with Crippen LogP contribution >= 0.6 is 12.2 Å². The monoisotopic (exact) mass is 496 g/mol. The molecule has 7 heteroatoms. The maximum Gasteiger partial charge on any atom is 0.338 e. The zero-order valence-electron chi connectivity index (χ0n) is 21.9. The third kappa shape index (κ3) is 5.96. The number of allylic oxidation sites excluding steroid dienone is 1. The first-order valence-electron chi connectivity index (χ1n) is 11.8. The summed E-state index contributed by atoms with van der Waals surface area (Å²) in [6.07, 6.45) is 0. The van der Waals surface area contributed by atoms with E-state index in [1.54, 1.807) is 14.0 Å². The molecule has 2 aromatic carbocycles. The van der Waals surface area contributed by atoms with E-state index in [1.165, 1.54) is 16.7 Å². The van der Waals surface area contributed by atoms with Crippen LogP contribution in [0.15, 0.2) is 41.6 Å². The number of methoxy groups -OCH3 is 1. The van der Waals surface area contributed by atoms with Gasteiger partial charge in [0.15, 0.2) is 16.6 Å². The average molecular weight is 497 g/mol. The molecule has 2 N–H and O–H groups in total. The minimum atomic E-state index is -0.458. The highest BCUT2D eigenvalue weighted by Crippen LogP contribution is 2.35. The van der Waals surface area contributed by atoms with Crippen molar-refractivity contribution in [2.45, 2.75) is 66.5 Å². The number of aryl methyl sites for hydroxylation is 2. The summed E-state index contributed by atoms with van der Waals surface area (Å²) in [6, 6.07) is 9.67. The molecule has 1 aliphatic rings. The molecule has 0 amide bonds. The fraction of sp³-hybridized carbons (Fsp3) is 0.429. The van der Waals surface area contributed by atoms with E-state index in [0.717, 1.165) is 11.1 Å². The highest BCUT2D eigenvalue weighted by molar-refractivity contribution is 7.80. The first-order valence-corrected chi connectivity index (χ1v) is 12.2. The average Bonchev–Trinajstić information content (AvgIpc) is 2.77. The fourth-order valence-electron chi connectivity index (χ4n) is 4.21. The molecule has 3 rings (SSSR count). The summed E-state index contributed by atoms with van der Waals surface area (Å²) < 4.78 is 17.1. The van der Waals surface area contributed by atoms with Crippen LogP contribution in [-0.2, 0) is 21.6 Å². The van der Waals surface area contributed by atoms with Gasteiger partial charge in [-0.15, -0.1) is 0 Å². The molecular formula is C28H36N2O4S. The van der Waals surface area contributed by atoms with Gasteiger partial charge in [-0.2, -0.15) is 0 Å². The van der Waals surface area contributed by atoms with Gasteiger partial charge in [0.25, 0.3) is 0 Å². The Balaban J connectivity index is 1.88. The Hall–Kier alpha value is -3.06. The lowest BCUT2D eigenvalue weighted by Gasteiger charge is -2.30. The normalized spacial score (nSPS) is 15.9. The Bertz CT molecular complexity index is 1140. The molecular weight excluding hydrogens is 460 g/mol. The van der Waals surface area contributed by atoms with Gasteiger partial charge in [-0.25, -0.2) is 4.79 Å². The van der Waals surface area contributed by atoms with E-state index in [1.807, 2.05) is 25.1 Å². The van der Waals surface area contributed by atoms with Gasteiger partial charge in [0.05, 0.1) is 25.3 Å². The summed E-state index contributed by atoms with van der Waals surface area (Å²) in [5.41, 5.74) is 6.96. The molecule has 0 radical (unpaired) electrons. The van der Waals surface area contributed by atoms with Crippen molar-refractivity contribution in [2.24, 2.45) is 0 Å². The quantitative estimate of drug-likeness (QED) is 0.385. The molecule has 35 heavy (non-hydrogen) atoms. The molecule has 0 bridgehead atoms. The van der Waals surface area contributed by atoms with Crippen LogP contribution in [0.2, 0.25) is 0 Å². The molecule has 6 nitrogen and oxygen atoms in total. The molecule has 0 aromatic heterocycles. The molecule has 1 atom stereocenters. The van der Waals surface area contributed by atoms with E-state index in [-0.39, 0.29) is 11.4 Å². The zero-order valence-corrected chi connectivity index (χ0v) is 22.7. The Morgan fingerprint density at radius 1 is 1.06 bits per heavy atom. The number of carbonyl (C=O) groups excluding carboxylic acids is 1. The molecule has 188 valence electrons. The predicted molar refractivity (Wildman–Crippen MR) is 143 cm³/mol. The summed E-state index contributed by atoms with van der Waals surface area (Å²) in [5, 5.41) is 6.64. The molecule has 0 spiro atoms. The summed E-state index contributed by atoms with van der Waals surface area (Å²) >= 11 is 5.34. The summed E-state index contributed by atoms with van der Waals surface area (Å²) in [4.78, 5) is 12.7. The van der Waals surface area contributed by atoms with Crippen LogP contribution in [0, 0.1) is 13.8 Å². The molecule has 0 saturated heterocycles. The van der Waals surface area contributed by atoms with E-state index in [2.05, 4.69) is 57.4 Å². The van der Waals surface area contributed by atoms with Crippen molar-refractivity contribution >= 4 is 23.3 Å². The number of ether oxygens (including phenoxy) is 3. The van der Waals surface area contributed by atoms with Crippen LogP contribution in [0.4, 0.5) is 0 Å². The third-order valence-electron chi connectivity index (χ3n) is 6.22. The first-order chi connectivity index (χ1) is 16.5. The van der Waals surface area contributed by atoms with Crippen LogP contribution in [-0.4, -0.2) is 24.8 Å². The topological polar surface area (TPSA) is 68.8 Å². The minimum Gasteiger partial charge on any atom is -0.493 e. The van der Waals surface area contributed by atoms with Crippen molar-refractivity contribution in [3.63, 3.8) is 0 Å². The second-order valence-electron chi connectivity index (χ2n) is 9.83. The highest BCUT2D eigenvalue weighted by Gasteiger charge is 2.31. The number of esters is 1. The van der Waals surface area contributed by atoms with E-state index in [0.29, 0.717) is 41.1 Å². The molecule has 2 aromatic rings. The van der Waals surface area contributed by atoms with Crippen molar-refractivity contribution in [3.8, 4) is 11.5 Å². The van der Waals surface area contributed by atoms with E-state index < -0.39 is 6.04 Å². The van der Waals surface area contributed by atoms with Gasteiger partial charge in [-0.05, 0) is 85.3 Å². The first kappa shape index (κ1) is 26.5. The molecule has 1 unspecified atom stereocenters. The van der Waals surface area contributed by atoms with Gasteiger partial charge in [0.1, 0.15) is 6.61 Å². The van der Waals surface area contributed by atoms with E-state index in [4.69, 9.17) is 26.4 Å². The fourth-order valence-corrected chi connectivity index (χ4v) is 4.48. The van der Waals surface area contributed by atoms with Gasteiger partial charge < -0.3 is 24.8 Å². The van der Waals surface area contributed by atoms with Gasteiger partial charge >= 0.3 is 5.97 Å². The van der Waals surface area contributed by atoms with Crippen LogP contribution in [0.1, 0.15) is 68.5 Å². The smallest absolute Gasteiger partial charge is 0.338 e. The number of rotatable bonds is 7. The SMILES string of the molecule is CCOC(=O)C1=C(C)NC(=S)NC1c1ccc(OCc2c(C)cc(C(C)(C)C)cc2C)c(OC)c1. The summed E-state index contributed by atoms with van der Waals surface area (Å²) in [5.74, 6) is 0.822. The van der Waals surface area contributed by atoms with Gasteiger partial charge in [-0.1, -0.05) is 39.0 Å². The Morgan fingerprint density at radius 3 is 2.29 bits per heavy atom. The van der Waals surface area contributed by atoms with Crippen molar-refractivity contribution in [1.82, 2.24) is 10.6 Å². The molecule has 0 aliphatic carbocycles. The number of hydrogen-bond acceptors (Lipinski definition) is 5. The molecule has 0 saturated carbocycles. The number of nitrogens with one attached hydrogen (secondary N) is 2. The number of thiocarbonyl (C=S) groups is 1. The van der Waals surface area contributed by atoms with Crippen molar-refractivity contribution in [2.75, 3.05) is 13.7 Å². The molecule has 1 aliphatic heterocycles. The summed E-state index contributed by atoms with van der Waals surface area (Å²) in [6.45, 7) is 15.2. The summed E-state index contributed by atoms with van der Waals surface area (Å²) in [7, 11) is 1.61. The largest absolute Gasteiger partial charge is 0.493 e. The van der Waals surface area contributed by atoms with Gasteiger partial charge in [0.2, 0.25) is 0 Å². The van der Waals surface area contributed by atoms with E-state index in [9.17, 15) is 4.79 Å². The second-order valence-corrected chi connectivity index (χ2v) is 10.2. The predicted octanol–water partition coefficient (Wildman–Crippen LogP) is 5.54. The second kappa shape index (κ2) is 10.7. The highest BCUT2D eigenvalue weighted by atomic mass is 32.1. The van der Waals surface area contributed by atoms with Gasteiger partial charge in [-0.3, -0.25) is 0 Å². The van der Waals surface area contributed by atoms with Crippen molar-refractivity contribution < 1.29 is 19.0 Å². The van der Waals surface area contributed by atoms with Crippen LogP contribution in [0.5, 0.6) is 11.5 Å². The Kier molecular flexibility index (Phi) is 8.11. The maximum atomic E-state index is 12.7. The number of hydrogen-bond donors (Lipinski definition) is 2. The van der Waals surface area contributed by atoms with Crippen molar-refractivity contribution in [1.29, 1.82) is 0 Å². The maximum absolute atomic E-state index is 12.7. The molecule has 0 fully saturated rings. The number of carbonyl (C=O) groups is 1. The van der Waals surface area contributed by atoms with Gasteiger partial charge in [0, 0.05) is 5.70 Å². The lowest BCUT2D eigenvalue weighted by atomic mass is 9.84. The number of benzene rings is 2. The lowest BCUT2D eigenvalue weighted by Crippen LogP contribution is -2.45. The Labute approximate surface area is 214 Å². The Morgan fingerprint density at radius 2 is 1.71 bits per heavy atom. The van der Waals surface area contributed by atoms with Crippen LogP contribution in [0.25, 0.3) is 0 Å². The standard InChI is InChI=1S/C28H36N2O4S/c1-9-33-26(31)24-18(4)29-27(35)30-25(24)19-10-11-22(23(14-19)32-8)34-15-21-16(2)12-20(13-17(21)3)28(5,6)7/h10-14,25H,9,15H2,1-8H3,(H2,29,30,35). The zero-order chi connectivity index (χ0) is 25.9. The van der Waals surface area contributed by atoms with Crippen LogP contribution < -0.4 is 20.1 Å². The molecule has 1 heterocycles. The lowest BCUT2D eigenvalue weighted by molar-refractivity contribution is -0.139. The third-order valence-corrected chi connectivity index (χ3v) is 6.44. The van der Waals surface area contributed by atoms with Crippen molar-refractivity contribution in [3.05, 3.63) is 69.4 Å². The van der Waals surface area contributed by atoms with Crippen LogP contribution in [0.3, 0.4) is 0 Å². The van der Waals surface area contributed by atoms with E-state index >= 15 is 0 Å². The minimum absolute atomic E-state index is 0.0914.